The van der Waals surface area contributed by atoms with Gasteiger partial charge in [-0.15, -0.1) is 0 Å². The SMILES string of the molecule is OC(c1ccccc1)c1[nH]nc2ccccc12. The van der Waals surface area contributed by atoms with Crippen molar-refractivity contribution in [1.82, 2.24) is 10.2 Å². The maximum atomic E-state index is 10.3. The molecule has 0 fully saturated rings. The third-order valence-electron chi connectivity index (χ3n) is 2.88. The summed E-state index contributed by atoms with van der Waals surface area (Å²) < 4.78 is 0. The predicted molar refractivity (Wildman–Crippen MR) is 66.6 cm³/mol. The van der Waals surface area contributed by atoms with Crippen molar-refractivity contribution < 1.29 is 5.11 Å². The first kappa shape index (κ1) is 10.1. The molecule has 3 rings (SSSR count). The molecule has 3 heteroatoms. The van der Waals surface area contributed by atoms with E-state index in [1.54, 1.807) is 0 Å². The minimum absolute atomic E-state index is 0.663. The largest absolute Gasteiger partial charge is 0.382 e. The molecule has 3 nitrogen and oxygen atoms in total. The van der Waals surface area contributed by atoms with Gasteiger partial charge >= 0.3 is 0 Å². The van der Waals surface area contributed by atoms with E-state index in [4.69, 9.17) is 0 Å². The van der Waals surface area contributed by atoms with Gasteiger partial charge in [-0.1, -0.05) is 48.5 Å². The third-order valence-corrected chi connectivity index (χ3v) is 2.88. The first-order chi connectivity index (χ1) is 8.36. The summed E-state index contributed by atoms with van der Waals surface area (Å²) >= 11 is 0. The number of H-pyrrole nitrogens is 1. The van der Waals surface area contributed by atoms with Crippen molar-refractivity contribution in [2.24, 2.45) is 0 Å². The number of nitrogens with one attached hydrogen (secondary N) is 1. The molecule has 0 spiro atoms. The Labute approximate surface area is 98.7 Å². The van der Waals surface area contributed by atoms with Gasteiger partial charge in [-0.3, -0.25) is 5.10 Å². The van der Waals surface area contributed by atoms with E-state index in [-0.39, 0.29) is 0 Å². The Bertz CT molecular complexity index is 631. The number of para-hydroxylation sites is 1. The van der Waals surface area contributed by atoms with Crippen LogP contribution in [0.25, 0.3) is 10.9 Å². The summed E-state index contributed by atoms with van der Waals surface area (Å²) in [7, 11) is 0. The van der Waals surface area contributed by atoms with Gasteiger partial charge in [-0.25, -0.2) is 0 Å². The van der Waals surface area contributed by atoms with Gasteiger partial charge in [0.25, 0.3) is 0 Å². The lowest BCUT2D eigenvalue weighted by Crippen LogP contribution is -2.00. The Balaban J connectivity index is 2.10. The lowest BCUT2D eigenvalue weighted by Gasteiger charge is -2.08. The molecule has 0 saturated heterocycles. The van der Waals surface area contributed by atoms with Gasteiger partial charge in [0.2, 0.25) is 0 Å². The van der Waals surface area contributed by atoms with Crippen LogP contribution in [0, 0.1) is 0 Å². The van der Waals surface area contributed by atoms with Crippen LogP contribution in [0.1, 0.15) is 17.4 Å². The molecule has 0 aliphatic heterocycles. The van der Waals surface area contributed by atoms with Crippen LogP contribution in [0.5, 0.6) is 0 Å². The molecular formula is C14H12N2O. The Hall–Kier alpha value is -2.13. The predicted octanol–water partition coefficient (Wildman–Crippen LogP) is 2.64. The number of aromatic amines is 1. The van der Waals surface area contributed by atoms with Gasteiger partial charge in [0, 0.05) is 5.39 Å². The van der Waals surface area contributed by atoms with Gasteiger partial charge in [0.15, 0.2) is 0 Å². The Morgan fingerprint density at radius 3 is 2.47 bits per heavy atom. The summed E-state index contributed by atoms with van der Waals surface area (Å²) in [6.45, 7) is 0. The molecule has 0 aliphatic carbocycles. The summed E-state index contributed by atoms with van der Waals surface area (Å²) in [5, 5.41) is 18.4. The highest BCUT2D eigenvalue weighted by Crippen LogP contribution is 2.26. The van der Waals surface area contributed by atoms with Crippen LogP contribution in [0.15, 0.2) is 54.6 Å². The smallest absolute Gasteiger partial charge is 0.121 e. The van der Waals surface area contributed by atoms with Crippen LogP contribution in [-0.2, 0) is 0 Å². The molecule has 0 radical (unpaired) electrons. The molecule has 1 unspecified atom stereocenters. The third kappa shape index (κ3) is 1.70. The number of fused-ring (bicyclic) bond motifs is 1. The minimum Gasteiger partial charge on any atom is -0.382 e. The van der Waals surface area contributed by atoms with E-state index in [1.165, 1.54) is 0 Å². The van der Waals surface area contributed by atoms with Crippen LogP contribution in [0.3, 0.4) is 0 Å². The highest BCUT2D eigenvalue weighted by Gasteiger charge is 2.15. The molecule has 3 aromatic rings. The Kier molecular flexibility index (Phi) is 2.38. The number of aliphatic hydroxyl groups is 1. The molecule has 2 N–H and O–H groups in total. The summed E-state index contributed by atoms with van der Waals surface area (Å²) in [6.07, 6.45) is -0.663. The molecule has 1 aromatic heterocycles. The average Bonchev–Trinajstić information content (AvgIpc) is 2.83. The second kappa shape index (κ2) is 4.03. The van der Waals surface area contributed by atoms with E-state index >= 15 is 0 Å². The number of benzene rings is 2. The lowest BCUT2D eigenvalue weighted by atomic mass is 10.0. The van der Waals surface area contributed by atoms with Crippen LogP contribution in [0.2, 0.25) is 0 Å². The van der Waals surface area contributed by atoms with Gasteiger partial charge in [0.05, 0.1) is 11.2 Å². The Morgan fingerprint density at radius 2 is 1.65 bits per heavy atom. The minimum atomic E-state index is -0.663. The molecule has 1 atom stereocenters. The fourth-order valence-electron chi connectivity index (χ4n) is 1.99. The van der Waals surface area contributed by atoms with E-state index in [2.05, 4.69) is 10.2 Å². The number of aromatic nitrogens is 2. The quantitative estimate of drug-likeness (QED) is 0.703. The van der Waals surface area contributed by atoms with Crippen molar-refractivity contribution in [3.05, 3.63) is 65.9 Å². The zero-order valence-electron chi connectivity index (χ0n) is 9.17. The van der Waals surface area contributed by atoms with Crippen molar-refractivity contribution in [3.63, 3.8) is 0 Å². The van der Waals surface area contributed by atoms with Gasteiger partial charge in [-0.2, -0.15) is 5.10 Å². The molecule has 0 bridgehead atoms. The normalized spacial score (nSPS) is 12.8. The number of hydrogen-bond acceptors (Lipinski definition) is 2. The molecule has 1 heterocycles. The molecule has 0 aliphatic rings. The zero-order valence-corrected chi connectivity index (χ0v) is 9.17. The average molecular weight is 224 g/mol. The van der Waals surface area contributed by atoms with Gasteiger partial charge in [-0.05, 0) is 11.6 Å². The first-order valence-corrected chi connectivity index (χ1v) is 5.52. The lowest BCUT2D eigenvalue weighted by molar-refractivity contribution is 0.216. The van der Waals surface area contributed by atoms with Crippen molar-refractivity contribution in [1.29, 1.82) is 0 Å². The standard InChI is InChI=1S/C14H12N2O/c17-14(10-6-2-1-3-7-10)13-11-8-4-5-9-12(11)15-16-13/h1-9,14,17H,(H,15,16). The second-order valence-corrected chi connectivity index (χ2v) is 3.97. The number of nitrogens with zero attached hydrogens (tertiary/aromatic N) is 1. The fourth-order valence-corrected chi connectivity index (χ4v) is 1.99. The van der Waals surface area contributed by atoms with Crippen molar-refractivity contribution in [2.45, 2.75) is 6.10 Å². The maximum absolute atomic E-state index is 10.3. The van der Waals surface area contributed by atoms with E-state index in [0.29, 0.717) is 0 Å². The summed E-state index contributed by atoms with van der Waals surface area (Å²) in [5.41, 5.74) is 2.48. The topological polar surface area (TPSA) is 48.9 Å². The monoisotopic (exact) mass is 224 g/mol. The second-order valence-electron chi connectivity index (χ2n) is 3.97. The number of aliphatic hydroxyl groups excluding tert-OH is 1. The molecule has 2 aromatic carbocycles. The van der Waals surface area contributed by atoms with Gasteiger partial charge in [0.1, 0.15) is 6.10 Å². The van der Waals surface area contributed by atoms with Crippen LogP contribution < -0.4 is 0 Å². The summed E-state index contributed by atoms with van der Waals surface area (Å²) in [5.74, 6) is 0. The molecule has 0 saturated carbocycles. The highest BCUT2D eigenvalue weighted by molar-refractivity contribution is 5.81. The summed E-state index contributed by atoms with van der Waals surface area (Å²) in [6, 6.07) is 17.3. The van der Waals surface area contributed by atoms with Crippen molar-refractivity contribution in [3.8, 4) is 0 Å². The van der Waals surface area contributed by atoms with E-state index < -0.39 is 6.10 Å². The van der Waals surface area contributed by atoms with E-state index in [1.807, 2.05) is 54.6 Å². The van der Waals surface area contributed by atoms with Crippen LogP contribution in [0.4, 0.5) is 0 Å². The number of rotatable bonds is 2. The molecule has 84 valence electrons. The van der Waals surface area contributed by atoms with E-state index in [9.17, 15) is 5.11 Å². The van der Waals surface area contributed by atoms with Crippen molar-refractivity contribution in [2.75, 3.05) is 0 Å². The van der Waals surface area contributed by atoms with Crippen LogP contribution in [-0.4, -0.2) is 15.3 Å². The molecule has 17 heavy (non-hydrogen) atoms. The molecular weight excluding hydrogens is 212 g/mol. The maximum Gasteiger partial charge on any atom is 0.121 e. The first-order valence-electron chi connectivity index (χ1n) is 5.52. The molecule has 0 amide bonds. The summed E-state index contributed by atoms with van der Waals surface area (Å²) in [4.78, 5) is 0. The fraction of sp³-hybridized carbons (Fsp3) is 0.0714. The van der Waals surface area contributed by atoms with Crippen LogP contribution >= 0.6 is 0 Å². The van der Waals surface area contributed by atoms with Crippen molar-refractivity contribution >= 4 is 10.9 Å². The zero-order chi connectivity index (χ0) is 11.7. The number of hydrogen-bond donors (Lipinski definition) is 2. The van der Waals surface area contributed by atoms with E-state index in [0.717, 1.165) is 22.2 Å². The highest BCUT2D eigenvalue weighted by atomic mass is 16.3. The Morgan fingerprint density at radius 1 is 0.941 bits per heavy atom. The van der Waals surface area contributed by atoms with Gasteiger partial charge < -0.3 is 5.11 Å².